The van der Waals surface area contributed by atoms with Crippen LogP contribution in [0.15, 0.2) is 57.2 Å². The van der Waals surface area contributed by atoms with Gasteiger partial charge in [-0.15, -0.1) is 10.2 Å². The minimum absolute atomic E-state index is 0.0715. The van der Waals surface area contributed by atoms with Crippen LogP contribution >= 0.6 is 15.9 Å². The fraction of sp³-hybridized carbons (Fsp3) is 0.238. The first-order chi connectivity index (χ1) is 13.9. The van der Waals surface area contributed by atoms with Crippen molar-refractivity contribution in [1.29, 1.82) is 0 Å². The van der Waals surface area contributed by atoms with Crippen LogP contribution in [0.5, 0.6) is 5.88 Å². The molecule has 1 aliphatic rings. The third-order valence-corrected chi connectivity index (χ3v) is 5.91. The van der Waals surface area contributed by atoms with Crippen LogP contribution in [0.1, 0.15) is 17.5 Å². The van der Waals surface area contributed by atoms with Gasteiger partial charge in [-0.25, -0.2) is 0 Å². The Morgan fingerprint density at radius 3 is 2.83 bits per heavy atom. The smallest absolute Gasteiger partial charge is 0.270 e. The van der Waals surface area contributed by atoms with Crippen LogP contribution in [0, 0.1) is 12.8 Å². The molecule has 1 aliphatic heterocycles. The van der Waals surface area contributed by atoms with Crippen molar-refractivity contribution in [3.05, 3.63) is 58.1 Å². The van der Waals surface area contributed by atoms with E-state index in [4.69, 9.17) is 0 Å². The highest BCUT2D eigenvalue weighted by Gasteiger charge is 2.34. The van der Waals surface area contributed by atoms with E-state index < -0.39 is 11.8 Å². The Kier molecular flexibility index (Phi) is 5.19. The van der Waals surface area contributed by atoms with Crippen molar-refractivity contribution >= 4 is 44.3 Å². The van der Waals surface area contributed by atoms with E-state index >= 15 is 0 Å². The summed E-state index contributed by atoms with van der Waals surface area (Å²) in [7, 11) is 0. The molecule has 1 saturated heterocycles. The van der Waals surface area contributed by atoms with Crippen LogP contribution in [-0.4, -0.2) is 33.3 Å². The summed E-state index contributed by atoms with van der Waals surface area (Å²) in [5.41, 5.74) is 2.89. The number of halogens is 1. The lowest BCUT2D eigenvalue weighted by Crippen LogP contribution is -2.25. The van der Waals surface area contributed by atoms with E-state index in [1.54, 1.807) is 4.90 Å². The maximum atomic E-state index is 12.5. The summed E-state index contributed by atoms with van der Waals surface area (Å²) in [5.74, 6) is -1.21. The second-order valence-electron chi connectivity index (χ2n) is 7.17. The third-order valence-electron chi connectivity index (χ3n) is 5.06. The topological polar surface area (TPSA) is 98.1 Å². The maximum absolute atomic E-state index is 12.5. The molecule has 7 nitrogen and oxygen atoms in total. The molecular formula is C21H19BrN4O3. The number of amides is 2. The predicted molar refractivity (Wildman–Crippen MR) is 112 cm³/mol. The standard InChI is InChI=1S/C21H19BrN4O3/c1-12-7-15-17(9-16(12)22)23-21(29)19(15)24-25-20(28)14-8-18(27)26(11-14)10-13-5-3-2-4-6-13/h2-7,9,14,23,29H,8,10-11H2,1H3. The van der Waals surface area contributed by atoms with Crippen molar-refractivity contribution in [2.45, 2.75) is 19.9 Å². The lowest BCUT2D eigenvalue weighted by Gasteiger charge is -2.15. The maximum Gasteiger partial charge on any atom is 0.270 e. The average Bonchev–Trinajstić information content (AvgIpc) is 3.20. The number of aromatic amines is 1. The van der Waals surface area contributed by atoms with Gasteiger partial charge in [0.05, 0.1) is 11.4 Å². The summed E-state index contributed by atoms with van der Waals surface area (Å²) in [6.45, 7) is 2.71. The molecule has 0 saturated carbocycles. The van der Waals surface area contributed by atoms with Crippen molar-refractivity contribution in [3.63, 3.8) is 0 Å². The number of rotatable bonds is 4. The average molecular weight is 455 g/mol. The first-order valence-electron chi connectivity index (χ1n) is 9.20. The van der Waals surface area contributed by atoms with Crippen molar-refractivity contribution < 1.29 is 14.7 Å². The number of aromatic hydroxyl groups is 1. The number of carbonyl (C=O) groups excluding carboxylic acids is 2. The Balaban J connectivity index is 1.49. The second kappa shape index (κ2) is 7.79. The molecule has 2 amide bonds. The Morgan fingerprint density at radius 2 is 2.07 bits per heavy atom. The number of hydrogen-bond donors (Lipinski definition) is 2. The zero-order chi connectivity index (χ0) is 20.5. The molecule has 4 rings (SSSR count). The first kappa shape index (κ1) is 19.3. The fourth-order valence-corrected chi connectivity index (χ4v) is 3.81. The van der Waals surface area contributed by atoms with Gasteiger partial charge in [0.15, 0.2) is 5.69 Å². The molecule has 2 aromatic carbocycles. The number of benzene rings is 2. The number of azo groups is 1. The van der Waals surface area contributed by atoms with Crippen molar-refractivity contribution in [1.82, 2.24) is 9.88 Å². The largest absolute Gasteiger partial charge is 0.493 e. The van der Waals surface area contributed by atoms with Crippen LogP contribution < -0.4 is 0 Å². The van der Waals surface area contributed by atoms with Gasteiger partial charge in [-0.05, 0) is 30.2 Å². The highest BCUT2D eigenvalue weighted by Crippen LogP contribution is 2.38. The fourth-order valence-electron chi connectivity index (χ4n) is 3.47. The van der Waals surface area contributed by atoms with E-state index in [2.05, 4.69) is 31.1 Å². The van der Waals surface area contributed by atoms with Crippen molar-refractivity contribution in [3.8, 4) is 5.88 Å². The van der Waals surface area contributed by atoms with E-state index in [-0.39, 0.29) is 23.9 Å². The van der Waals surface area contributed by atoms with Crippen LogP contribution in [0.3, 0.4) is 0 Å². The number of nitrogens with one attached hydrogen (secondary N) is 1. The Morgan fingerprint density at radius 1 is 1.31 bits per heavy atom. The Hall–Kier alpha value is -3.00. The molecule has 2 N–H and O–H groups in total. The van der Waals surface area contributed by atoms with Crippen molar-refractivity contribution in [2.24, 2.45) is 16.1 Å². The summed E-state index contributed by atoms with van der Waals surface area (Å²) in [6, 6.07) is 13.3. The predicted octanol–water partition coefficient (Wildman–Crippen LogP) is 4.60. The molecule has 0 spiro atoms. The highest BCUT2D eigenvalue weighted by atomic mass is 79.9. The molecular weight excluding hydrogens is 436 g/mol. The molecule has 1 atom stereocenters. The van der Waals surface area contributed by atoms with Gasteiger partial charge in [-0.3, -0.25) is 9.59 Å². The van der Waals surface area contributed by atoms with Gasteiger partial charge < -0.3 is 15.0 Å². The number of fused-ring (bicyclic) bond motifs is 1. The third kappa shape index (κ3) is 3.93. The summed E-state index contributed by atoms with van der Waals surface area (Å²) in [6.07, 6.45) is 0.122. The Labute approximate surface area is 175 Å². The highest BCUT2D eigenvalue weighted by molar-refractivity contribution is 9.10. The van der Waals surface area contributed by atoms with Crippen LogP contribution in [0.25, 0.3) is 10.9 Å². The minimum Gasteiger partial charge on any atom is -0.493 e. The monoisotopic (exact) mass is 454 g/mol. The molecule has 2 heterocycles. The number of nitrogens with zero attached hydrogens (tertiary/aromatic N) is 3. The van der Waals surface area contributed by atoms with Gasteiger partial charge in [-0.2, -0.15) is 0 Å². The lowest BCUT2D eigenvalue weighted by molar-refractivity contribution is -0.128. The molecule has 0 bridgehead atoms. The van der Waals surface area contributed by atoms with Crippen LogP contribution in [0.4, 0.5) is 5.69 Å². The van der Waals surface area contributed by atoms with Gasteiger partial charge in [0.2, 0.25) is 11.8 Å². The number of aryl methyl sites for hydroxylation is 1. The minimum atomic E-state index is -0.529. The lowest BCUT2D eigenvalue weighted by atomic mass is 10.1. The molecule has 0 aliphatic carbocycles. The number of aromatic nitrogens is 1. The molecule has 3 aromatic rings. The van der Waals surface area contributed by atoms with Crippen LogP contribution in [0.2, 0.25) is 0 Å². The van der Waals surface area contributed by atoms with Crippen LogP contribution in [-0.2, 0) is 16.1 Å². The molecule has 0 radical (unpaired) electrons. The van der Waals surface area contributed by atoms with Gasteiger partial charge >= 0.3 is 0 Å². The van der Waals surface area contributed by atoms with E-state index in [9.17, 15) is 14.7 Å². The van der Waals surface area contributed by atoms with Gasteiger partial charge in [0, 0.05) is 29.4 Å². The molecule has 148 valence electrons. The van der Waals surface area contributed by atoms with Gasteiger partial charge in [-0.1, -0.05) is 46.3 Å². The zero-order valence-electron chi connectivity index (χ0n) is 15.7. The number of carbonyl (C=O) groups is 2. The van der Waals surface area contributed by atoms with E-state index in [1.165, 1.54) is 0 Å². The molecule has 29 heavy (non-hydrogen) atoms. The molecule has 1 unspecified atom stereocenters. The first-order valence-corrected chi connectivity index (χ1v) is 9.99. The Bertz CT molecular complexity index is 1120. The van der Waals surface area contributed by atoms with E-state index in [1.807, 2.05) is 49.4 Å². The number of likely N-dealkylation sites (tertiary alicyclic amines) is 1. The number of H-pyrrole nitrogens is 1. The summed E-state index contributed by atoms with van der Waals surface area (Å²) in [5, 5.41) is 18.6. The number of hydrogen-bond acceptors (Lipinski definition) is 4. The molecule has 8 heteroatoms. The summed E-state index contributed by atoms with van der Waals surface area (Å²) < 4.78 is 0.897. The van der Waals surface area contributed by atoms with Gasteiger partial charge in [0.25, 0.3) is 5.91 Å². The summed E-state index contributed by atoms with van der Waals surface area (Å²) >= 11 is 3.45. The normalized spacial score (nSPS) is 17.0. The molecule has 1 aromatic heterocycles. The van der Waals surface area contributed by atoms with E-state index in [0.717, 1.165) is 15.6 Å². The zero-order valence-corrected chi connectivity index (χ0v) is 17.3. The quantitative estimate of drug-likeness (QED) is 0.563. The van der Waals surface area contributed by atoms with E-state index in [0.29, 0.717) is 24.0 Å². The van der Waals surface area contributed by atoms with Gasteiger partial charge in [0.1, 0.15) is 0 Å². The second-order valence-corrected chi connectivity index (χ2v) is 8.02. The van der Waals surface area contributed by atoms with Crippen molar-refractivity contribution in [2.75, 3.05) is 6.54 Å². The SMILES string of the molecule is Cc1cc2c(N=NC(=O)C3CC(=O)N(Cc4ccccc4)C3)c(O)[nH]c2cc1Br. The molecule has 1 fully saturated rings. The summed E-state index contributed by atoms with van der Waals surface area (Å²) in [4.78, 5) is 29.3.